The van der Waals surface area contributed by atoms with Crippen molar-refractivity contribution < 1.29 is 32.3 Å². The number of carbonyl (C=O) groups is 3. The summed E-state index contributed by atoms with van der Waals surface area (Å²) in [6.45, 7) is 6.69. The van der Waals surface area contributed by atoms with E-state index in [1.165, 1.54) is 11.3 Å². The van der Waals surface area contributed by atoms with Crippen molar-refractivity contribution in [1.82, 2.24) is 24.9 Å². The van der Waals surface area contributed by atoms with Crippen LogP contribution in [0.15, 0.2) is 35.7 Å². The second-order valence-electron chi connectivity index (χ2n) is 15.1. The Morgan fingerprint density at radius 1 is 1.12 bits per heavy atom. The number of nitrogens with zero attached hydrogens (tertiary/aromatic N) is 3. The van der Waals surface area contributed by atoms with Gasteiger partial charge in [-0.15, -0.1) is 11.3 Å². The molecule has 0 saturated heterocycles. The van der Waals surface area contributed by atoms with E-state index in [0.717, 1.165) is 40.9 Å². The Morgan fingerprint density at radius 3 is 2.60 bits per heavy atom. The van der Waals surface area contributed by atoms with Crippen molar-refractivity contribution in [2.24, 2.45) is 17.8 Å². The minimum absolute atomic E-state index is 0.147. The summed E-state index contributed by atoms with van der Waals surface area (Å²) in [7, 11) is -0.445. The van der Waals surface area contributed by atoms with Gasteiger partial charge in [0.2, 0.25) is 21.8 Å². The zero-order valence-corrected chi connectivity index (χ0v) is 31.9. The number of thiazole rings is 1. The van der Waals surface area contributed by atoms with Crippen LogP contribution in [0.25, 0.3) is 21.6 Å². The molecular formula is C38H47N5O7S2. The lowest BCUT2D eigenvalue weighted by atomic mass is 9.93. The molecule has 2 N–H and O–H groups in total. The SMILES string of the molecule is COc1ccc2c(O[C@@H]3C[C@@H]4C(=O)N[C@]5(C(=O)NS(=O)(=O)C6CC6)CC5/C=C\CCCCN(C)C(=O)[C@@H]4C3)cc(-c3nc(C(C)C)cs3)nc2c1C. The van der Waals surface area contributed by atoms with Gasteiger partial charge >= 0.3 is 0 Å². The second-order valence-corrected chi connectivity index (χ2v) is 17.9. The summed E-state index contributed by atoms with van der Waals surface area (Å²) < 4.78 is 40.2. The quantitative estimate of drug-likeness (QED) is 0.294. The zero-order chi connectivity index (χ0) is 36.9. The van der Waals surface area contributed by atoms with Gasteiger partial charge in [-0.1, -0.05) is 26.0 Å². The van der Waals surface area contributed by atoms with Crippen LogP contribution in [-0.4, -0.2) is 78.6 Å². The van der Waals surface area contributed by atoms with Crippen LogP contribution in [0.1, 0.15) is 82.4 Å². The number of amides is 3. The molecule has 3 saturated carbocycles. The number of nitrogens with one attached hydrogen (secondary N) is 2. The standard InChI is InChI=1S/C38H47N5O7S2/c1-21(2)30-20-51-35(40-30)29-18-32(26-13-14-31(49-5)22(3)33(26)39-29)50-24-16-27-28(17-24)36(45)43(4)15-9-7-6-8-10-23-19-38(23,41-34(27)44)37(46)42-52(47,48)25-11-12-25/h8,10,13-14,18,20-21,23-25,27-28H,6-7,9,11-12,15-17,19H2,1-5H3,(H,41,44)(H,42,46)/b10-8-/t23?,24-,27+,28-,38-/m1/s1. The first-order chi connectivity index (χ1) is 24.8. The molecule has 0 bridgehead atoms. The molecule has 1 aromatic carbocycles. The highest BCUT2D eigenvalue weighted by Gasteiger charge is 2.62. The molecular weight excluding hydrogens is 703 g/mol. The van der Waals surface area contributed by atoms with Crippen molar-refractivity contribution in [2.45, 2.75) is 94.9 Å². The number of hydrogen-bond donors (Lipinski definition) is 2. The van der Waals surface area contributed by atoms with E-state index < -0.39 is 50.6 Å². The van der Waals surface area contributed by atoms with Gasteiger partial charge in [0, 0.05) is 41.9 Å². The minimum atomic E-state index is -3.83. The number of benzene rings is 1. The number of fused-ring (bicyclic) bond motifs is 3. The number of allylic oxidation sites excluding steroid dienone is 1. The molecule has 5 atom stereocenters. The van der Waals surface area contributed by atoms with Crippen molar-refractivity contribution in [2.75, 3.05) is 20.7 Å². The van der Waals surface area contributed by atoms with Gasteiger partial charge in [-0.2, -0.15) is 0 Å². The smallest absolute Gasteiger partial charge is 0.259 e. The third kappa shape index (κ3) is 7.03. The summed E-state index contributed by atoms with van der Waals surface area (Å²) >= 11 is 1.51. The van der Waals surface area contributed by atoms with Crippen molar-refractivity contribution in [3.8, 4) is 22.2 Å². The van der Waals surface area contributed by atoms with Crippen LogP contribution < -0.4 is 19.5 Å². The molecule has 12 nitrogen and oxygen atoms in total. The first-order valence-corrected chi connectivity index (χ1v) is 20.6. The second kappa shape index (κ2) is 14.1. The number of pyridine rings is 1. The Bertz CT molecular complexity index is 2040. The van der Waals surface area contributed by atoms with Crippen LogP contribution in [0.3, 0.4) is 0 Å². The van der Waals surface area contributed by atoms with E-state index in [9.17, 15) is 22.8 Å². The van der Waals surface area contributed by atoms with Gasteiger partial charge in [0.1, 0.15) is 33.8 Å². The Kier molecular flexibility index (Phi) is 9.83. The van der Waals surface area contributed by atoms with Gasteiger partial charge in [0.05, 0.1) is 35.4 Å². The molecule has 1 unspecified atom stereocenters. The van der Waals surface area contributed by atoms with Gasteiger partial charge in [0.25, 0.3) is 5.91 Å². The Labute approximate surface area is 308 Å². The highest BCUT2D eigenvalue weighted by atomic mass is 32.2. The number of carbonyl (C=O) groups excluding carboxylic acids is 3. The summed E-state index contributed by atoms with van der Waals surface area (Å²) in [5.74, 6) is -1.63. The van der Waals surface area contributed by atoms with Crippen LogP contribution in [-0.2, 0) is 24.4 Å². The van der Waals surface area contributed by atoms with Crippen molar-refractivity contribution in [3.63, 3.8) is 0 Å². The Morgan fingerprint density at radius 2 is 1.88 bits per heavy atom. The third-order valence-corrected chi connectivity index (χ3v) is 13.7. The fourth-order valence-corrected chi connectivity index (χ4v) is 9.85. The molecule has 1 aliphatic heterocycles. The molecule has 3 heterocycles. The van der Waals surface area contributed by atoms with E-state index in [1.807, 2.05) is 42.7 Å². The molecule has 14 heteroatoms. The zero-order valence-electron chi connectivity index (χ0n) is 30.3. The normalized spacial score (nSPS) is 27.4. The predicted octanol–water partition coefficient (Wildman–Crippen LogP) is 5.25. The topological polar surface area (TPSA) is 157 Å². The van der Waals surface area contributed by atoms with Crippen LogP contribution >= 0.6 is 11.3 Å². The van der Waals surface area contributed by atoms with Crippen molar-refractivity contribution >= 4 is 50.0 Å². The number of rotatable bonds is 8. The summed E-state index contributed by atoms with van der Waals surface area (Å²) in [4.78, 5) is 53.5. The summed E-state index contributed by atoms with van der Waals surface area (Å²) in [6, 6.07) is 5.66. The average Bonchev–Trinajstić information content (AvgIpc) is 3.98. The van der Waals surface area contributed by atoms with E-state index in [1.54, 1.807) is 19.1 Å². The Hall–Kier alpha value is -4.04. The molecule has 7 rings (SSSR count). The van der Waals surface area contributed by atoms with Gasteiger partial charge < -0.3 is 19.7 Å². The lowest BCUT2D eigenvalue weighted by Gasteiger charge is -2.26. The number of sulfonamides is 1. The molecule has 52 heavy (non-hydrogen) atoms. The summed E-state index contributed by atoms with van der Waals surface area (Å²) in [5, 5.41) is 5.95. The largest absolute Gasteiger partial charge is 0.496 e. The average molecular weight is 750 g/mol. The first kappa shape index (κ1) is 36.3. The van der Waals surface area contributed by atoms with Gasteiger partial charge in [-0.3, -0.25) is 19.1 Å². The van der Waals surface area contributed by atoms with Crippen molar-refractivity contribution in [1.29, 1.82) is 0 Å². The maximum absolute atomic E-state index is 14.3. The molecule has 278 valence electrons. The number of methoxy groups -OCH3 is 1. The van der Waals surface area contributed by atoms with E-state index >= 15 is 0 Å². The van der Waals surface area contributed by atoms with Crippen LogP contribution in [0, 0.1) is 24.7 Å². The molecule has 0 radical (unpaired) electrons. The van der Waals surface area contributed by atoms with Crippen LogP contribution in [0.2, 0.25) is 0 Å². The van der Waals surface area contributed by atoms with E-state index in [4.69, 9.17) is 19.4 Å². The monoisotopic (exact) mass is 749 g/mol. The lowest BCUT2D eigenvalue weighted by Crippen LogP contribution is -2.54. The maximum atomic E-state index is 14.3. The van der Waals surface area contributed by atoms with E-state index in [-0.39, 0.29) is 30.6 Å². The fourth-order valence-electron chi connectivity index (χ4n) is 7.55. The third-order valence-electron chi connectivity index (χ3n) is 11.0. The van der Waals surface area contributed by atoms with Crippen LogP contribution in [0.5, 0.6) is 11.5 Å². The molecule has 3 aromatic rings. The number of ether oxygens (including phenoxy) is 2. The van der Waals surface area contributed by atoms with Crippen LogP contribution in [0.4, 0.5) is 0 Å². The summed E-state index contributed by atoms with van der Waals surface area (Å²) in [6.07, 6.45) is 7.61. The lowest BCUT2D eigenvalue weighted by molar-refractivity contribution is -0.140. The highest BCUT2D eigenvalue weighted by molar-refractivity contribution is 7.91. The predicted molar refractivity (Wildman–Crippen MR) is 199 cm³/mol. The maximum Gasteiger partial charge on any atom is 0.259 e. The first-order valence-electron chi connectivity index (χ1n) is 18.2. The molecule has 3 aliphatic carbocycles. The minimum Gasteiger partial charge on any atom is -0.496 e. The fraction of sp³-hybridized carbons (Fsp3) is 0.553. The number of aryl methyl sites for hydroxylation is 1. The number of aromatic nitrogens is 2. The number of hydrogen-bond acceptors (Lipinski definition) is 10. The highest BCUT2D eigenvalue weighted by Crippen LogP contribution is 2.47. The van der Waals surface area contributed by atoms with E-state index in [0.29, 0.717) is 48.5 Å². The van der Waals surface area contributed by atoms with Gasteiger partial charge in [0.15, 0.2) is 0 Å². The molecule has 2 aromatic heterocycles. The van der Waals surface area contributed by atoms with Crippen molar-refractivity contribution in [3.05, 3.63) is 47.0 Å². The Balaban J connectivity index is 1.21. The molecule has 3 amide bonds. The molecule has 3 fully saturated rings. The summed E-state index contributed by atoms with van der Waals surface area (Å²) in [5.41, 5.74) is 1.79. The van der Waals surface area contributed by atoms with Gasteiger partial charge in [-0.05, 0) is 76.3 Å². The van der Waals surface area contributed by atoms with E-state index in [2.05, 4.69) is 23.9 Å². The molecule has 4 aliphatic rings. The molecule has 0 spiro atoms. The van der Waals surface area contributed by atoms with Gasteiger partial charge in [-0.25, -0.2) is 18.4 Å².